The molecule has 1 unspecified atom stereocenters. The molecule has 4 fully saturated rings. The molecule has 4 aliphatic rings. The Balaban J connectivity index is 1.78. The third-order valence-corrected chi connectivity index (χ3v) is 5.11. The zero-order valence-corrected chi connectivity index (χ0v) is 9.71. The summed E-state index contributed by atoms with van der Waals surface area (Å²) in [5.74, 6) is 3.11. The van der Waals surface area contributed by atoms with Crippen LogP contribution in [0.25, 0.3) is 4.85 Å². The summed E-state index contributed by atoms with van der Waals surface area (Å²) >= 11 is 0. The monoisotopic (exact) mass is 203 g/mol. The Morgan fingerprint density at radius 1 is 1.13 bits per heavy atom. The maximum atomic E-state index is 7.14. The van der Waals surface area contributed by atoms with Crippen molar-refractivity contribution in [2.24, 2.45) is 23.2 Å². The lowest BCUT2D eigenvalue weighted by Gasteiger charge is -2.56. The van der Waals surface area contributed by atoms with Crippen LogP contribution in [0.3, 0.4) is 0 Å². The third-order valence-electron chi connectivity index (χ3n) is 5.11. The summed E-state index contributed by atoms with van der Waals surface area (Å²) in [4.78, 5) is 3.71. The molecule has 0 aromatic heterocycles. The Bertz CT molecular complexity index is 264. The van der Waals surface area contributed by atoms with Gasteiger partial charge in [0.15, 0.2) is 0 Å². The highest BCUT2D eigenvalue weighted by Gasteiger charge is 2.51. The topological polar surface area (TPSA) is 4.36 Å². The van der Waals surface area contributed by atoms with Gasteiger partial charge in [0.25, 0.3) is 0 Å². The van der Waals surface area contributed by atoms with Crippen LogP contribution < -0.4 is 0 Å². The Morgan fingerprint density at radius 2 is 1.60 bits per heavy atom. The van der Waals surface area contributed by atoms with Crippen molar-refractivity contribution in [3.8, 4) is 0 Å². The van der Waals surface area contributed by atoms with E-state index in [1.165, 1.54) is 44.9 Å². The first-order valence-corrected chi connectivity index (χ1v) is 6.56. The molecule has 4 aliphatic carbocycles. The van der Waals surface area contributed by atoms with Crippen LogP contribution in [0.15, 0.2) is 0 Å². The minimum Gasteiger partial charge on any atom is -0.314 e. The van der Waals surface area contributed by atoms with Crippen molar-refractivity contribution in [2.75, 3.05) is 0 Å². The Hall–Kier alpha value is -0.510. The van der Waals surface area contributed by atoms with Gasteiger partial charge in [-0.3, -0.25) is 0 Å². The minimum atomic E-state index is 0.265. The summed E-state index contributed by atoms with van der Waals surface area (Å²) in [5, 5.41) is 0. The molecule has 0 heterocycles. The van der Waals surface area contributed by atoms with E-state index in [0.717, 1.165) is 17.8 Å². The molecular formula is C14H21N. The molecular weight excluding hydrogens is 182 g/mol. The molecule has 0 spiro atoms. The number of hydrogen-bond donors (Lipinski definition) is 0. The van der Waals surface area contributed by atoms with E-state index in [9.17, 15) is 0 Å². The van der Waals surface area contributed by atoms with Crippen LogP contribution in [0, 0.1) is 29.7 Å². The molecule has 0 aromatic rings. The largest absolute Gasteiger partial charge is 0.314 e. The van der Waals surface area contributed by atoms with E-state index in [2.05, 4.69) is 11.8 Å². The lowest BCUT2D eigenvalue weighted by molar-refractivity contribution is -0.0581. The van der Waals surface area contributed by atoms with Gasteiger partial charge in [-0.15, -0.1) is 0 Å². The van der Waals surface area contributed by atoms with Crippen molar-refractivity contribution in [1.82, 2.24) is 0 Å². The van der Waals surface area contributed by atoms with Crippen molar-refractivity contribution >= 4 is 0 Å². The van der Waals surface area contributed by atoms with Gasteiger partial charge >= 0.3 is 0 Å². The standard InChI is InChI=1S/C14H21N/c1-10(15-2)6-14-7-11-3-12(8-14)5-13(4-11)9-14/h10-13H,3-9H2,1H3. The quantitative estimate of drug-likeness (QED) is 0.599. The second kappa shape index (κ2) is 3.24. The van der Waals surface area contributed by atoms with Crippen molar-refractivity contribution < 1.29 is 0 Å². The number of nitrogens with zero attached hydrogens (tertiary/aromatic N) is 1. The van der Waals surface area contributed by atoms with E-state index in [1.54, 1.807) is 0 Å². The lowest BCUT2D eigenvalue weighted by Crippen LogP contribution is -2.46. The molecule has 1 atom stereocenters. The maximum absolute atomic E-state index is 7.14. The van der Waals surface area contributed by atoms with Crippen molar-refractivity contribution in [2.45, 2.75) is 57.9 Å². The molecule has 0 radical (unpaired) electrons. The zero-order chi connectivity index (χ0) is 10.5. The van der Waals surface area contributed by atoms with Crippen LogP contribution in [-0.2, 0) is 0 Å². The van der Waals surface area contributed by atoms with Gasteiger partial charge < -0.3 is 4.85 Å². The Kier molecular flexibility index (Phi) is 2.09. The smallest absolute Gasteiger partial charge is 0.221 e. The van der Waals surface area contributed by atoms with Gasteiger partial charge in [0, 0.05) is 13.3 Å². The van der Waals surface area contributed by atoms with Gasteiger partial charge in [0.05, 0.1) is 0 Å². The summed E-state index contributed by atoms with van der Waals surface area (Å²) in [7, 11) is 0. The van der Waals surface area contributed by atoms with Gasteiger partial charge in [-0.25, -0.2) is 6.57 Å². The molecule has 0 amide bonds. The molecule has 0 aromatic carbocycles. The van der Waals surface area contributed by atoms with Gasteiger partial charge in [-0.05, 0) is 61.7 Å². The SMILES string of the molecule is [C-]#[N+]C(C)CC12CC3CC(CC(C3)C1)C2. The summed E-state index contributed by atoms with van der Waals surface area (Å²) < 4.78 is 0. The molecule has 4 saturated carbocycles. The van der Waals surface area contributed by atoms with E-state index in [4.69, 9.17) is 6.57 Å². The molecule has 0 aliphatic heterocycles. The van der Waals surface area contributed by atoms with Crippen LogP contribution in [0.5, 0.6) is 0 Å². The molecule has 82 valence electrons. The normalized spacial score (nSPS) is 48.9. The van der Waals surface area contributed by atoms with E-state index in [-0.39, 0.29) is 6.04 Å². The summed E-state index contributed by atoms with van der Waals surface area (Å²) in [6.07, 6.45) is 10.1. The van der Waals surface area contributed by atoms with Crippen LogP contribution in [-0.4, -0.2) is 6.04 Å². The van der Waals surface area contributed by atoms with E-state index in [1.807, 2.05) is 0 Å². The van der Waals surface area contributed by atoms with Gasteiger partial charge in [0.1, 0.15) is 0 Å². The molecule has 0 N–H and O–H groups in total. The fraction of sp³-hybridized carbons (Fsp3) is 0.929. The average molecular weight is 203 g/mol. The molecule has 1 nitrogen and oxygen atoms in total. The molecule has 4 rings (SSSR count). The van der Waals surface area contributed by atoms with Crippen molar-refractivity contribution in [3.63, 3.8) is 0 Å². The second-order valence-electron chi connectivity index (χ2n) is 6.60. The predicted octanol–water partition coefficient (Wildman–Crippen LogP) is 3.90. The van der Waals surface area contributed by atoms with Crippen molar-refractivity contribution in [1.29, 1.82) is 0 Å². The highest BCUT2D eigenvalue weighted by molar-refractivity contribution is 5.03. The number of rotatable bonds is 2. The fourth-order valence-electron chi connectivity index (χ4n) is 5.21. The molecule has 1 heteroatoms. The molecule has 15 heavy (non-hydrogen) atoms. The zero-order valence-electron chi connectivity index (χ0n) is 9.71. The first-order chi connectivity index (χ1) is 7.19. The van der Waals surface area contributed by atoms with Crippen LogP contribution in [0.4, 0.5) is 0 Å². The van der Waals surface area contributed by atoms with Gasteiger partial charge in [0.2, 0.25) is 6.04 Å². The highest BCUT2D eigenvalue weighted by Crippen LogP contribution is 2.61. The van der Waals surface area contributed by atoms with Crippen LogP contribution in [0.2, 0.25) is 0 Å². The summed E-state index contributed by atoms with van der Waals surface area (Å²) in [6, 6.07) is 0.265. The maximum Gasteiger partial charge on any atom is 0.221 e. The van der Waals surface area contributed by atoms with Gasteiger partial charge in [-0.2, -0.15) is 0 Å². The lowest BCUT2D eigenvalue weighted by atomic mass is 9.48. The van der Waals surface area contributed by atoms with E-state index in [0.29, 0.717) is 5.41 Å². The van der Waals surface area contributed by atoms with E-state index >= 15 is 0 Å². The minimum absolute atomic E-state index is 0.265. The summed E-state index contributed by atoms with van der Waals surface area (Å²) in [5.41, 5.74) is 0.610. The van der Waals surface area contributed by atoms with Crippen molar-refractivity contribution in [3.05, 3.63) is 11.4 Å². The molecule has 0 saturated heterocycles. The fourth-order valence-corrected chi connectivity index (χ4v) is 5.21. The average Bonchev–Trinajstić information content (AvgIpc) is 2.14. The third kappa shape index (κ3) is 1.59. The Labute approximate surface area is 93.1 Å². The Morgan fingerprint density at radius 3 is 2.00 bits per heavy atom. The highest BCUT2D eigenvalue weighted by atomic mass is 14.7. The predicted molar refractivity (Wildman–Crippen MR) is 61.3 cm³/mol. The van der Waals surface area contributed by atoms with Crippen LogP contribution in [0.1, 0.15) is 51.9 Å². The van der Waals surface area contributed by atoms with Crippen LogP contribution >= 0.6 is 0 Å². The van der Waals surface area contributed by atoms with E-state index < -0.39 is 0 Å². The first-order valence-electron chi connectivity index (χ1n) is 6.56. The first kappa shape index (κ1) is 9.70. The second-order valence-corrected chi connectivity index (χ2v) is 6.60. The molecule has 4 bridgehead atoms. The van der Waals surface area contributed by atoms with Gasteiger partial charge in [-0.1, -0.05) is 0 Å². The number of hydrogen-bond acceptors (Lipinski definition) is 0. The summed E-state index contributed by atoms with van der Waals surface area (Å²) in [6.45, 7) is 9.26.